The Morgan fingerprint density at radius 3 is 0.359 bits per heavy atom. The molecule has 0 fully saturated rings. The smallest absolute Gasteiger partial charge is 0 e. The minimum Gasteiger partial charge on any atom is 0 e. The molecule has 27 heteroatoms. The summed E-state index contributed by atoms with van der Waals surface area (Å²) >= 11 is 43.8. The maximum Gasteiger partial charge on any atom is 0 e. The van der Waals surface area contributed by atoms with Crippen molar-refractivity contribution in [1.29, 1.82) is 0 Å². The van der Waals surface area contributed by atoms with E-state index in [1.54, 1.807) is 0 Å². The fraction of sp³-hybridized carbons (Fsp3) is 1.00. The monoisotopic (exact) mass is 3160 g/mol. The zero-order valence-corrected chi connectivity index (χ0v) is 64.5. The van der Waals surface area contributed by atoms with Crippen LogP contribution in [0.1, 0.15) is 89.1 Å². The van der Waals surface area contributed by atoms with Crippen molar-refractivity contribution in [1.82, 2.24) is 0 Å². The van der Waals surface area contributed by atoms with Crippen molar-refractivity contribution in [3.63, 3.8) is 0 Å². The number of halogens is 21. The van der Waals surface area contributed by atoms with Crippen LogP contribution in [0.15, 0.2) is 0 Å². The summed E-state index contributed by atoms with van der Waals surface area (Å²) in [6, 6.07) is 0. The van der Waals surface area contributed by atoms with Crippen molar-refractivity contribution in [3.05, 3.63) is 0 Å². The van der Waals surface area contributed by atoms with Crippen LogP contribution in [0.4, 0.5) is 0 Å². The van der Waals surface area contributed by atoms with Crippen molar-refractivity contribution in [2.75, 3.05) is 0 Å². The van der Waals surface area contributed by atoms with E-state index in [4.69, 9.17) is 0 Å². The maximum absolute atomic E-state index is 2.46. The Bertz CT molecular complexity index is 104. The number of hydrogen-bond donors (Lipinski definition) is 0. The minimum atomic E-state index is -0.278. The van der Waals surface area contributed by atoms with E-state index in [1.807, 2.05) is 0 Å². The predicted molar refractivity (Wildman–Crippen MR) is 349 cm³/mol. The van der Waals surface area contributed by atoms with Gasteiger partial charge in [-0.2, -0.15) is 0 Å². The molecule has 0 bridgehead atoms. The van der Waals surface area contributed by atoms with Gasteiger partial charge in [0, 0.05) is 55.8 Å². The van der Waals surface area contributed by atoms with Crippen molar-refractivity contribution in [2.45, 2.75) is 89.1 Å². The van der Waals surface area contributed by atoms with E-state index < -0.39 is 0 Å². The Hall–Kier alpha value is 18.8. The van der Waals surface area contributed by atoms with Crippen molar-refractivity contribution in [3.8, 4) is 0 Å². The molecule has 0 aromatic heterocycles. The van der Waals surface area contributed by atoms with Crippen molar-refractivity contribution in [2.24, 2.45) is 0 Å². The van der Waals surface area contributed by atoms with Crippen molar-refractivity contribution >= 4 is 375 Å². The third-order valence-corrected chi connectivity index (χ3v) is 0. The van der Waals surface area contributed by atoms with Gasteiger partial charge in [-0.25, -0.2) is 0 Å². The van der Waals surface area contributed by atoms with E-state index >= 15 is 0 Å². The van der Waals surface area contributed by atoms with Crippen LogP contribution in [-0.4, -0.2) is 0 Å². The molecule has 0 saturated heterocycles. The molecule has 0 atom stereocenters. The van der Waals surface area contributed by atoms with Gasteiger partial charge in [0.25, 0.3) is 0 Å². The topological polar surface area (TPSA) is 0 Å². The molecule has 0 aromatic rings. The Labute approximate surface area is 528 Å². The molecule has 276 valence electrons. The molecule has 0 rings (SSSR count). The van der Waals surface area contributed by atoms with Gasteiger partial charge in [-0.15, -0.1) is 24.0 Å². The zero-order chi connectivity index (χ0) is 22.7. The van der Waals surface area contributed by atoms with Crippen LogP contribution in [-0.2, 0) is 56.8 Å². The normalized spacial score (nSPS) is 4.21. The molecule has 0 nitrogen and oxygen atoms in total. The summed E-state index contributed by atoms with van der Waals surface area (Å²) in [5.74, 6) is 0. The summed E-state index contributed by atoms with van der Waals surface area (Å²) in [6.45, 7) is 0. The molecule has 0 aliphatic heterocycles. The largest absolute Gasteiger partial charge is 0 e. The molecule has 39 heavy (non-hydrogen) atoms. The van der Waals surface area contributed by atoms with Gasteiger partial charge >= 0.3 is 379 Å². The fourth-order valence-corrected chi connectivity index (χ4v) is 0. The van der Waals surface area contributed by atoms with E-state index in [0.29, 0.717) is 54.9 Å². The molecule has 0 aliphatic carbocycles. The van der Waals surface area contributed by atoms with E-state index in [1.165, 1.54) is 0 Å². The standard InChI is InChI=1S/12CH4.2I3.I2.13HI.6V/c;;;;;;;;;;;;2*1-3-2;1-2;;;;;;;;;;;;;;;;;;;/h12*1H4;;;;13*1H;;;;;;/q;;;;;;;;;;;;2*-1;;;;;;;;;;;;;;;;3*+2;2*+3/p-12. The molecule has 0 aliphatic rings. The van der Waals surface area contributed by atoms with Crippen molar-refractivity contribution < 1.29 is 83.3 Å². The van der Waals surface area contributed by atoms with Gasteiger partial charge in [0.05, 0.1) is 0 Å². The molecule has 0 aromatic carbocycles. The van der Waals surface area contributed by atoms with Crippen LogP contribution in [0.5, 0.6) is 0 Å². The van der Waals surface area contributed by atoms with Crippen LogP contribution in [0.3, 0.4) is 0 Å². The van der Waals surface area contributed by atoms with Crippen LogP contribution in [0.2, 0.25) is 0 Å². The molecule has 0 spiro atoms. The predicted octanol–water partition coefficient (Wildman–Crippen LogP) is 18.2. The molecule has 1 radical (unpaired) electrons. The van der Waals surface area contributed by atoms with Crippen LogP contribution in [0.25, 0.3) is 0 Å². The van der Waals surface area contributed by atoms with Gasteiger partial charge in [-0.3, -0.25) is 0 Å². The van der Waals surface area contributed by atoms with E-state index in [0.717, 1.165) is 0 Å². The molecule has 0 amide bonds. The number of rotatable bonds is 0. The third kappa shape index (κ3) is 482. The zero-order valence-electron chi connectivity index (χ0n) is 10.7. The van der Waals surface area contributed by atoms with Gasteiger partial charge in [-0.1, -0.05) is 89.1 Å². The van der Waals surface area contributed by atoms with Crippen LogP contribution >= 0.6 is 375 Å². The van der Waals surface area contributed by atoms with E-state index in [9.17, 15) is 0 Å². The fourth-order valence-electron chi connectivity index (χ4n) is 0. The summed E-state index contributed by atoms with van der Waals surface area (Å²) in [5, 5.41) is 0. The third-order valence-electron chi connectivity index (χ3n) is 0. The second kappa shape index (κ2) is 199. The first-order valence-corrected chi connectivity index (χ1v) is 88.2. The Morgan fingerprint density at radius 2 is 0.359 bits per heavy atom. The van der Waals surface area contributed by atoms with Crippen LogP contribution < -0.4 is 26.5 Å². The summed E-state index contributed by atoms with van der Waals surface area (Å²) in [4.78, 5) is -0.555. The summed E-state index contributed by atoms with van der Waals surface area (Å²) in [7, 11) is 1.88. The average molecular weight is 3160 g/mol. The molecular formula is C12H49I21V6-2. The van der Waals surface area contributed by atoms with Gasteiger partial charge in [-0.05, 0) is 0 Å². The quantitative estimate of drug-likeness (QED) is 0.212. The molecular weight excluding hydrogens is 3110 g/mol. The van der Waals surface area contributed by atoms with E-state index in [2.05, 4.69) is 351 Å². The number of hydrogen-bond acceptors (Lipinski definition) is 0. The SMILES string of the molecule is C.C.C.C.C.C.C.C.C.C.C.C.I.II.I[I-]I.I[I-]I.[I][V]([I])[I].[I][V]([I])[I].[I][V][I].[I][V][I].[I][V][I].[V]. The molecule has 0 saturated carbocycles. The Balaban J connectivity index is -0.00000000405. The minimum absolute atomic E-state index is 0. The molecule has 0 heterocycles. The van der Waals surface area contributed by atoms with Crippen LogP contribution in [0, 0.1) is 0 Å². The first-order chi connectivity index (χ1) is 11.5. The summed E-state index contributed by atoms with van der Waals surface area (Å²) in [5.41, 5.74) is 0. The Morgan fingerprint density at radius 1 is 0.359 bits per heavy atom. The van der Waals surface area contributed by atoms with E-state index in [-0.39, 0.29) is 141 Å². The van der Waals surface area contributed by atoms with Gasteiger partial charge in [0.1, 0.15) is 0 Å². The molecule has 0 N–H and O–H groups in total. The summed E-state index contributed by atoms with van der Waals surface area (Å²) in [6.07, 6.45) is 0. The first kappa shape index (κ1) is 145. The molecule has 0 unspecified atom stereocenters. The first-order valence-electron chi connectivity index (χ1n) is 2.74. The van der Waals surface area contributed by atoms with Gasteiger partial charge in [0.2, 0.25) is 0 Å². The van der Waals surface area contributed by atoms with Gasteiger partial charge < -0.3 is 0 Å². The van der Waals surface area contributed by atoms with Gasteiger partial charge in [0.15, 0.2) is 0 Å². The Kier molecular flexibility index (Phi) is 743. The average Bonchev–Trinajstić information content (AvgIpc) is 2.43. The second-order valence-corrected chi connectivity index (χ2v) is 139. The summed E-state index contributed by atoms with van der Waals surface area (Å²) < 4.78 is 0. The second-order valence-electron chi connectivity index (χ2n) is 0.683. The maximum atomic E-state index is 2.46.